The maximum absolute atomic E-state index is 10.6. The summed E-state index contributed by atoms with van der Waals surface area (Å²) in [6.07, 6.45) is 5.06. The number of hydrogen-bond donors (Lipinski definition) is 1. The molecule has 1 unspecified atom stereocenters. The maximum atomic E-state index is 10.6. The normalized spacial score (nSPS) is 25.1. The number of carboxylic acid groups (broad SMARTS) is 1. The van der Waals surface area contributed by atoms with Crippen molar-refractivity contribution in [3.63, 3.8) is 0 Å². The highest BCUT2D eigenvalue weighted by molar-refractivity contribution is 5.80. The lowest BCUT2D eigenvalue weighted by molar-refractivity contribution is -0.131. The van der Waals surface area contributed by atoms with Crippen LogP contribution in [0, 0.1) is 5.41 Å². The van der Waals surface area contributed by atoms with Gasteiger partial charge in [0.2, 0.25) is 0 Å². The zero-order chi connectivity index (χ0) is 12.3. The fraction of sp³-hybridized carbons (Fsp3) is 0.615. The highest BCUT2D eigenvalue weighted by Crippen LogP contribution is 2.41. The minimum Gasteiger partial charge on any atom is -0.478 e. The Hall–Kier alpha value is -1.09. The molecule has 16 heavy (non-hydrogen) atoms. The molecule has 90 valence electrons. The fourth-order valence-electron chi connectivity index (χ4n) is 2.36. The van der Waals surface area contributed by atoms with E-state index in [9.17, 15) is 4.79 Å². The largest absolute Gasteiger partial charge is 0.478 e. The van der Waals surface area contributed by atoms with Crippen LogP contribution in [0.5, 0.6) is 0 Å². The number of hydrogen-bond acceptors (Lipinski definition) is 2. The molecule has 0 aromatic carbocycles. The third kappa shape index (κ3) is 2.73. The summed E-state index contributed by atoms with van der Waals surface area (Å²) in [7, 11) is 1.70. The average molecular weight is 224 g/mol. The lowest BCUT2D eigenvalue weighted by Gasteiger charge is -2.36. The Morgan fingerprint density at radius 1 is 1.56 bits per heavy atom. The number of carboxylic acids is 1. The second kappa shape index (κ2) is 4.83. The smallest absolute Gasteiger partial charge is 0.328 e. The van der Waals surface area contributed by atoms with Gasteiger partial charge in [-0.15, -0.1) is 0 Å². The number of carbonyl (C=O) groups is 1. The number of ether oxygens (including phenoxy) is 1. The fourth-order valence-corrected chi connectivity index (χ4v) is 2.36. The molecule has 0 saturated heterocycles. The second-order valence-electron chi connectivity index (χ2n) is 4.92. The van der Waals surface area contributed by atoms with Crippen LogP contribution < -0.4 is 0 Å². The monoisotopic (exact) mass is 224 g/mol. The van der Waals surface area contributed by atoms with Gasteiger partial charge in [-0.25, -0.2) is 4.79 Å². The lowest BCUT2D eigenvalue weighted by Crippen LogP contribution is -2.28. The van der Waals surface area contributed by atoms with Gasteiger partial charge in [0.05, 0.1) is 6.10 Å². The summed E-state index contributed by atoms with van der Waals surface area (Å²) in [6.45, 7) is 6.31. The molecule has 0 aromatic heterocycles. The first-order valence-corrected chi connectivity index (χ1v) is 5.53. The molecule has 0 amide bonds. The zero-order valence-corrected chi connectivity index (χ0v) is 10.4. The molecule has 1 aliphatic carbocycles. The Labute approximate surface area is 96.8 Å². The molecule has 0 spiro atoms. The molecule has 1 atom stereocenters. The van der Waals surface area contributed by atoms with Crippen molar-refractivity contribution in [1.29, 1.82) is 0 Å². The molecule has 3 heteroatoms. The maximum Gasteiger partial charge on any atom is 0.328 e. The average Bonchev–Trinajstić information content (AvgIpc) is 2.16. The third-order valence-electron chi connectivity index (χ3n) is 3.35. The van der Waals surface area contributed by atoms with Gasteiger partial charge in [0.25, 0.3) is 0 Å². The summed E-state index contributed by atoms with van der Waals surface area (Å²) in [5.74, 6) is -0.907. The first-order chi connectivity index (χ1) is 7.38. The van der Waals surface area contributed by atoms with Crippen molar-refractivity contribution in [2.24, 2.45) is 5.41 Å². The molecular weight excluding hydrogens is 204 g/mol. The van der Waals surface area contributed by atoms with Crippen LogP contribution in [0.4, 0.5) is 0 Å². The minimum absolute atomic E-state index is 0.0328. The molecule has 0 radical (unpaired) electrons. The van der Waals surface area contributed by atoms with E-state index in [-0.39, 0.29) is 11.5 Å². The topological polar surface area (TPSA) is 46.5 Å². The Morgan fingerprint density at radius 2 is 2.19 bits per heavy atom. The van der Waals surface area contributed by atoms with E-state index < -0.39 is 5.97 Å². The zero-order valence-electron chi connectivity index (χ0n) is 10.4. The molecule has 0 bridgehead atoms. The van der Waals surface area contributed by atoms with Gasteiger partial charge in [0, 0.05) is 13.2 Å². The molecule has 0 fully saturated rings. The van der Waals surface area contributed by atoms with Crippen molar-refractivity contribution in [3.05, 3.63) is 23.3 Å². The van der Waals surface area contributed by atoms with E-state index in [1.165, 1.54) is 6.08 Å². The van der Waals surface area contributed by atoms with Gasteiger partial charge >= 0.3 is 5.97 Å². The number of allylic oxidation sites excluding steroid dienone is 2. The molecular formula is C13H20O3. The van der Waals surface area contributed by atoms with Crippen LogP contribution in [0.2, 0.25) is 0 Å². The highest BCUT2D eigenvalue weighted by Gasteiger charge is 2.31. The molecule has 0 aromatic rings. The van der Waals surface area contributed by atoms with E-state index in [0.717, 1.165) is 24.0 Å². The Kier molecular flexibility index (Phi) is 3.92. The Bertz CT molecular complexity index is 337. The van der Waals surface area contributed by atoms with Gasteiger partial charge in [0.1, 0.15) is 0 Å². The summed E-state index contributed by atoms with van der Waals surface area (Å²) in [5, 5.41) is 8.68. The number of methoxy groups -OCH3 is 1. The van der Waals surface area contributed by atoms with E-state index in [2.05, 4.69) is 13.8 Å². The van der Waals surface area contributed by atoms with Crippen molar-refractivity contribution in [2.75, 3.05) is 7.11 Å². The molecule has 1 aliphatic rings. The van der Waals surface area contributed by atoms with Crippen LogP contribution in [0.25, 0.3) is 0 Å². The van der Waals surface area contributed by atoms with Gasteiger partial charge in [0.15, 0.2) is 0 Å². The highest BCUT2D eigenvalue weighted by atomic mass is 16.5. The summed E-state index contributed by atoms with van der Waals surface area (Å²) in [6, 6.07) is 0. The molecule has 0 saturated carbocycles. The minimum atomic E-state index is -0.907. The molecule has 0 aliphatic heterocycles. The quantitative estimate of drug-likeness (QED) is 0.750. The van der Waals surface area contributed by atoms with Gasteiger partial charge in [-0.05, 0) is 36.3 Å². The molecule has 0 heterocycles. The van der Waals surface area contributed by atoms with E-state index in [0.29, 0.717) is 0 Å². The van der Waals surface area contributed by atoms with E-state index in [1.807, 2.05) is 6.92 Å². The summed E-state index contributed by atoms with van der Waals surface area (Å²) >= 11 is 0. The third-order valence-corrected chi connectivity index (χ3v) is 3.35. The van der Waals surface area contributed by atoms with Crippen LogP contribution >= 0.6 is 0 Å². The van der Waals surface area contributed by atoms with E-state index >= 15 is 0 Å². The summed E-state index contributed by atoms with van der Waals surface area (Å²) in [5.41, 5.74) is 2.27. The van der Waals surface area contributed by atoms with Crippen LogP contribution in [0.15, 0.2) is 23.3 Å². The van der Waals surface area contributed by atoms with Gasteiger partial charge in [-0.2, -0.15) is 0 Å². The summed E-state index contributed by atoms with van der Waals surface area (Å²) < 4.78 is 5.39. The van der Waals surface area contributed by atoms with Crippen molar-refractivity contribution < 1.29 is 14.6 Å². The standard InChI is InChI=1S/C13H20O3/c1-9-10(5-6-12(14)15)13(2,3)8-7-11(9)16-4/h5-6,11H,7-8H2,1-4H3,(H,14,15)/b6-5+. The molecule has 1 rings (SSSR count). The lowest BCUT2D eigenvalue weighted by atomic mass is 9.71. The SMILES string of the molecule is COC1CCC(C)(C)C(/C=C/C(=O)O)=C1C. The Balaban J connectivity index is 3.08. The van der Waals surface area contributed by atoms with E-state index in [4.69, 9.17) is 9.84 Å². The van der Waals surface area contributed by atoms with Crippen LogP contribution in [-0.2, 0) is 9.53 Å². The van der Waals surface area contributed by atoms with Gasteiger partial charge < -0.3 is 9.84 Å². The van der Waals surface area contributed by atoms with Crippen LogP contribution in [0.1, 0.15) is 33.6 Å². The van der Waals surface area contributed by atoms with E-state index in [1.54, 1.807) is 13.2 Å². The Morgan fingerprint density at radius 3 is 2.69 bits per heavy atom. The predicted octanol–water partition coefficient (Wildman–Crippen LogP) is 2.78. The molecule has 3 nitrogen and oxygen atoms in total. The second-order valence-corrected chi connectivity index (χ2v) is 4.92. The first kappa shape index (κ1) is 13.0. The molecule has 1 N–H and O–H groups in total. The van der Waals surface area contributed by atoms with Crippen LogP contribution in [-0.4, -0.2) is 24.3 Å². The predicted molar refractivity (Wildman–Crippen MR) is 63.3 cm³/mol. The van der Waals surface area contributed by atoms with Crippen molar-refractivity contribution in [3.8, 4) is 0 Å². The van der Waals surface area contributed by atoms with Crippen molar-refractivity contribution >= 4 is 5.97 Å². The van der Waals surface area contributed by atoms with Crippen molar-refractivity contribution in [1.82, 2.24) is 0 Å². The number of aliphatic carboxylic acids is 1. The summed E-state index contributed by atoms with van der Waals surface area (Å²) in [4.78, 5) is 10.6. The van der Waals surface area contributed by atoms with Gasteiger partial charge in [-0.3, -0.25) is 0 Å². The van der Waals surface area contributed by atoms with Crippen molar-refractivity contribution in [2.45, 2.75) is 39.7 Å². The van der Waals surface area contributed by atoms with Crippen LogP contribution in [0.3, 0.4) is 0 Å². The number of rotatable bonds is 3. The first-order valence-electron chi connectivity index (χ1n) is 5.53. The van der Waals surface area contributed by atoms with Gasteiger partial charge in [-0.1, -0.05) is 19.9 Å².